The maximum absolute atomic E-state index is 13.2. The van der Waals surface area contributed by atoms with Gasteiger partial charge in [0.1, 0.15) is 11.6 Å². The second-order valence-corrected chi connectivity index (χ2v) is 8.67. The summed E-state index contributed by atoms with van der Waals surface area (Å²) in [6, 6.07) is 18.1. The number of rotatable bonds is 7. The number of benzene rings is 2. The van der Waals surface area contributed by atoms with Gasteiger partial charge in [-0.25, -0.2) is 0 Å². The van der Waals surface area contributed by atoms with Gasteiger partial charge in [-0.05, 0) is 37.1 Å². The van der Waals surface area contributed by atoms with Gasteiger partial charge in [-0.3, -0.25) is 9.69 Å². The third kappa shape index (κ3) is 5.65. The van der Waals surface area contributed by atoms with E-state index in [1.165, 1.54) is 5.56 Å². The first-order valence-electron chi connectivity index (χ1n) is 11.3. The molecule has 2 heterocycles. The predicted octanol–water partition coefficient (Wildman–Crippen LogP) is 3.38. The summed E-state index contributed by atoms with van der Waals surface area (Å²) in [4.78, 5) is 19.4. The number of hydrogen-bond acceptors (Lipinski definition) is 6. The van der Waals surface area contributed by atoms with E-state index in [0.29, 0.717) is 6.54 Å². The molecule has 2 aromatic rings. The van der Waals surface area contributed by atoms with Gasteiger partial charge in [0.25, 0.3) is 5.91 Å². The molecule has 1 fully saturated rings. The van der Waals surface area contributed by atoms with Crippen LogP contribution in [0.4, 0.5) is 0 Å². The van der Waals surface area contributed by atoms with Crippen LogP contribution in [0.1, 0.15) is 25.0 Å². The summed E-state index contributed by atoms with van der Waals surface area (Å²) in [5.41, 5.74) is 2.42. The number of amides is 1. The lowest BCUT2D eigenvalue weighted by Gasteiger charge is -2.34. The van der Waals surface area contributed by atoms with Crippen LogP contribution >= 0.6 is 0 Å². The summed E-state index contributed by atoms with van der Waals surface area (Å²) < 4.78 is 10.9. The van der Waals surface area contributed by atoms with Gasteiger partial charge in [0, 0.05) is 51.5 Å². The highest BCUT2D eigenvalue weighted by Crippen LogP contribution is 2.32. The highest BCUT2D eigenvalue weighted by atomic mass is 16.7. The molecule has 0 saturated carbocycles. The Morgan fingerprint density at radius 3 is 2.48 bits per heavy atom. The summed E-state index contributed by atoms with van der Waals surface area (Å²) in [5.74, 6) is 1.38. The maximum Gasteiger partial charge on any atom is 0.266 e. The molecule has 7 heteroatoms. The fraction of sp³-hybridized carbons (Fsp3) is 0.385. The summed E-state index contributed by atoms with van der Waals surface area (Å²) >= 11 is 0. The first-order valence-corrected chi connectivity index (χ1v) is 11.3. The van der Waals surface area contributed by atoms with Gasteiger partial charge in [-0.1, -0.05) is 36.4 Å². The van der Waals surface area contributed by atoms with Crippen molar-refractivity contribution in [2.24, 2.45) is 0 Å². The zero-order valence-electron chi connectivity index (χ0n) is 19.2. The number of nitrogens with zero attached hydrogens (tertiary/aromatic N) is 4. The van der Waals surface area contributed by atoms with Gasteiger partial charge in [0.2, 0.25) is 6.79 Å². The van der Waals surface area contributed by atoms with E-state index in [0.717, 1.165) is 49.8 Å². The summed E-state index contributed by atoms with van der Waals surface area (Å²) in [7, 11) is 0. The number of carbonyl (C=O) groups excluding carboxylic acids is 1. The minimum atomic E-state index is -0.223. The molecule has 0 N–H and O–H groups in total. The number of fused-ring (bicyclic) bond motifs is 1. The van der Waals surface area contributed by atoms with Gasteiger partial charge in [-0.2, -0.15) is 5.26 Å². The molecule has 33 heavy (non-hydrogen) atoms. The molecule has 4 rings (SSSR count). The monoisotopic (exact) mass is 446 g/mol. The number of hydrogen-bond donors (Lipinski definition) is 0. The van der Waals surface area contributed by atoms with Gasteiger partial charge in [-0.15, -0.1) is 0 Å². The van der Waals surface area contributed by atoms with Crippen LogP contribution in [0.3, 0.4) is 0 Å². The number of piperazine rings is 1. The zero-order chi connectivity index (χ0) is 23.2. The van der Waals surface area contributed by atoms with Gasteiger partial charge < -0.3 is 19.3 Å². The van der Waals surface area contributed by atoms with Gasteiger partial charge in [0.15, 0.2) is 11.5 Å². The summed E-state index contributed by atoms with van der Waals surface area (Å²) in [6.07, 6.45) is 1.74. The molecular formula is C26H30N4O3. The summed E-state index contributed by atoms with van der Waals surface area (Å²) in [5, 5.41) is 9.72. The highest BCUT2D eigenvalue weighted by molar-refractivity contribution is 5.97. The molecule has 0 atom stereocenters. The lowest BCUT2D eigenvalue weighted by atomic mass is 10.1. The smallest absolute Gasteiger partial charge is 0.266 e. The quantitative estimate of drug-likeness (QED) is 0.480. The van der Waals surface area contributed by atoms with Crippen molar-refractivity contribution in [1.29, 1.82) is 5.26 Å². The Morgan fingerprint density at radius 2 is 1.79 bits per heavy atom. The molecule has 0 unspecified atom stereocenters. The van der Waals surface area contributed by atoms with E-state index in [1.54, 1.807) is 11.1 Å². The molecule has 0 spiro atoms. The van der Waals surface area contributed by atoms with Crippen LogP contribution in [0.2, 0.25) is 0 Å². The fourth-order valence-electron chi connectivity index (χ4n) is 4.09. The second-order valence-electron chi connectivity index (χ2n) is 8.67. The van der Waals surface area contributed by atoms with Crippen molar-refractivity contribution in [2.75, 3.05) is 33.0 Å². The third-order valence-electron chi connectivity index (χ3n) is 5.99. The van der Waals surface area contributed by atoms with E-state index < -0.39 is 0 Å². The molecule has 2 aromatic carbocycles. The average Bonchev–Trinajstić information content (AvgIpc) is 3.30. The number of carbonyl (C=O) groups is 1. The minimum absolute atomic E-state index is 0.00648. The molecule has 172 valence electrons. The molecule has 0 radical (unpaired) electrons. The van der Waals surface area contributed by atoms with E-state index in [4.69, 9.17) is 9.47 Å². The van der Waals surface area contributed by atoms with Crippen molar-refractivity contribution in [1.82, 2.24) is 14.7 Å². The lowest BCUT2D eigenvalue weighted by molar-refractivity contribution is -0.129. The van der Waals surface area contributed by atoms with E-state index in [-0.39, 0.29) is 24.3 Å². The van der Waals surface area contributed by atoms with Crippen molar-refractivity contribution in [3.63, 3.8) is 0 Å². The van der Waals surface area contributed by atoms with Crippen LogP contribution in [-0.4, -0.2) is 59.6 Å². The third-order valence-corrected chi connectivity index (χ3v) is 5.99. The lowest BCUT2D eigenvalue weighted by Crippen LogP contribution is -2.44. The molecule has 1 amide bonds. The van der Waals surface area contributed by atoms with Crippen LogP contribution < -0.4 is 9.47 Å². The van der Waals surface area contributed by atoms with E-state index in [2.05, 4.69) is 21.9 Å². The Kier molecular flexibility index (Phi) is 7.16. The molecule has 0 bridgehead atoms. The van der Waals surface area contributed by atoms with Crippen LogP contribution in [-0.2, 0) is 17.9 Å². The van der Waals surface area contributed by atoms with Gasteiger partial charge in [0.05, 0.1) is 0 Å². The zero-order valence-corrected chi connectivity index (χ0v) is 19.2. The fourth-order valence-corrected chi connectivity index (χ4v) is 4.09. The molecule has 1 saturated heterocycles. The first kappa shape index (κ1) is 22.7. The Bertz CT molecular complexity index is 1040. The van der Waals surface area contributed by atoms with Crippen molar-refractivity contribution in [3.05, 3.63) is 71.4 Å². The predicted molar refractivity (Wildman–Crippen MR) is 125 cm³/mol. The topological polar surface area (TPSA) is 69.0 Å². The molecular weight excluding hydrogens is 416 g/mol. The van der Waals surface area contributed by atoms with Gasteiger partial charge >= 0.3 is 0 Å². The largest absolute Gasteiger partial charge is 0.454 e. The normalized spacial score (nSPS) is 16.1. The highest BCUT2D eigenvalue weighted by Gasteiger charge is 2.23. The Labute approximate surface area is 195 Å². The van der Waals surface area contributed by atoms with E-state index in [1.807, 2.05) is 56.3 Å². The molecule has 0 aliphatic carbocycles. The Hall–Kier alpha value is -3.50. The first-order chi connectivity index (χ1) is 16.0. The molecule has 0 aromatic heterocycles. The van der Waals surface area contributed by atoms with Crippen molar-refractivity contribution >= 4 is 5.91 Å². The van der Waals surface area contributed by atoms with Crippen LogP contribution in [0, 0.1) is 11.3 Å². The van der Waals surface area contributed by atoms with Crippen molar-refractivity contribution in [2.45, 2.75) is 33.0 Å². The summed E-state index contributed by atoms with van der Waals surface area (Å²) in [6.45, 7) is 8.80. The van der Waals surface area contributed by atoms with E-state index >= 15 is 0 Å². The SMILES string of the molecule is CC(C)N(Cc1ccccc1)C(=O)/C(C#N)=C\N1CCN(Cc2ccc3c(c2)OCO3)CC1. The molecule has 2 aliphatic heterocycles. The maximum atomic E-state index is 13.2. The van der Waals surface area contributed by atoms with Crippen molar-refractivity contribution in [3.8, 4) is 17.6 Å². The number of nitriles is 1. The molecule has 2 aliphatic rings. The van der Waals surface area contributed by atoms with Crippen LogP contribution in [0.25, 0.3) is 0 Å². The standard InChI is InChI=1S/C26H30N4O3/c1-20(2)30(17-21-6-4-3-5-7-21)26(31)23(15-27)18-29-12-10-28(11-13-29)16-22-8-9-24-25(14-22)33-19-32-24/h3-9,14,18,20H,10-13,16-17,19H2,1-2H3/b23-18-. The van der Waals surface area contributed by atoms with E-state index in [9.17, 15) is 10.1 Å². The number of ether oxygens (including phenoxy) is 2. The average molecular weight is 447 g/mol. The van der Waals surface area contributed by atoms with Crippen molar-refractivity contribution < 1.29 is 14.3 Å². The Morgan fingerprint density at radius 1 is 1.06 bits per heavy atom. The second kappa shape index (κ2) is 10.4. The molecule has 7 nitrogen and oxygen atoms in total. The minimum Gasteiger partial charge on any atom is -0.454 e. The van der Waals surface area contributed by atoms with Crippen LogP contribution in [0.5, 0.6) is 11.5 Å². The Balaban J connectivity index is 1.35. The van der Waals surface area contributed by atoms with Crippen LogP contribution in [0.15, 0.2) is 60.3 Å².